The summed E-state index contributed by atoms with van der Waals surface area (Å²) in [7, 11) is -4.39. The van der Waals surface area contributed by atoms with E-state index in [1.807, 2.05) is 45.9 Å². The fourth-order valence-corrected chi connectivity index (χ4v) is 5.83. The molecule has 1 amide bonds. The van der Waals surface area contributed by atoms with E-state index in [0.717, 1.165) is 40.3 Å². The molecule has 3 aromatic carbocycles. The van der Waals surface area contributed by atoms with Gasteiger partial charge in [0.05, 0.1) is 22.4 Å². The number of hydrogen-bond acceptors (Lipinski definition) is 4. The molecule has 4 rings (SSSR count). The summed E-state index contributed by atoms with van der Waals surface area (Å²) in [6, 6.07) is 19.0. The van der Waals surface area contributed by atoms with Crippen LogP contribution in [0.25, 0.3) is 5.69 Å². The first kappa shape index (κ1) is 29.6. The Balaban J connectivity index is 1.59. The van der Waals surface area contributed by atoms with Crippen LogP contribution in [0.1, 0.15) is 33.6 Å². The van der Waals surface area contributed by atoms with Crippen LogP contribution in [0.15, 0.2) is 88.9 Å². The molecule has 7 nitrogen and oxygen atoms in total. The number of hydrogen-bond donors (Lipinski definition) is 1. The van der Waals surface area contributed by atoms with Gasteiger partial charge in [0.2, 0.25) is 0 Å². The Labute approximate surface area is 237 Å². The molecule has 0 radical (unpaired) electrons. The number of halogens is 3. The lowest BCUT2D eigenvalue weighted by Crippen LogP contribution is -2.39. The molecule has 0 fully saturated rings. The van der Waals surface area contributed by atoms with Crippen LogP contribution < -0.4 is 9.73 Å². The van der Waals surface area contributed by atoms with Gasteiger partial charge in [-0.2, -0.15) is 18.3 Å². The average molecular weight is 583 g/mol. The Hall–Kier alpha value is -4.38. The maximum Gasteiger partial charge on any atom is 0.416 e. The van der Waals surface area contributed by atoms with Crippen molar-refractivity contribution in [2.75, 3.05) is 10.8 Å². The van der Waals surface area contributed by atoms with Gasteiger partial charge in [0.15, 0.2) is 0 Å². The molecule has 4 aromatic rings. The molecule has 0 unspecified atom stereocenters. The zero-order chi connectivity index (χ0) is 29.9. The molecule has 0 aliphatic heterocycles. The normalized spacial score (nSPS) is 12.1. The third-order valence-corrected chi connectivity index (χ3v) is 8.48. The van der Waals surface area contributed by atoms with Crippen LogP contribution in [0.5, 0.6) is 0 Å². The number of aryl methyl sites for hydroxylation is 3. The van der Waals surface area contributed by atoms with Gasteiger partial charge in [0.25, 0.3) is 15.9 Å². The van der Waals surface area contributed by atoms with Gasteiger partial charge >= 0.3 is 6.18 Å². The minimum atomic E-state index is -4.70. The highest BCUT2D eigenvalue weighted by Crippen LogP contribution is 2.33. The Morgan fingerprint density at radius 1 is 0.927 bits per heavy atom. The monoisotopic (exact) mass is 582 g/mol. The summed E-state index contributed by atoms with van der Waals surface area (Å²) in [5.74, 6) is -0.832. The van der Waals surface area contributed by atoms with E-state index in [9.17, 15) is 26.4 Å². The molecule has 214 valence electrons. The summed E-state index contributed by atoms with van der Waals surface area (Å²) in [5.41, 5.74) is 6.81. The Morgan fingerprint density at radius 2 is 1.63 bits per heavy atom. The Kier molecular flexibility index (Phi) is 8.39. The summed E-state index contributed by atoms with van der Waals surface area (Å²) in [6.45, 7) is 7.13. The van der Waals surface area contributed by atoms with Crippen molar-refractivity contribution >= 4 is 27.8 Å². The van der Waals surface area contributed by atoms with Crippen LogP contribution in [-0.2, 0) is 21.0 Å². The molecule has 0 bridgehead atoms. The number of rotatable bonds is 8. The zero-order valence-electron chi connectivity index (χ0n) is 22.9. The first-order valence-electron chi connectivity index (χ1n) is 12.6. The largest absolute Gasteiger partial charge is 0.416 e. The second-order valence-electron chi connectivity index (χ2n) is 9.60. The van der Waals surface area contributed by atoms with E-state index in [1.54, 1.807) is 6.07 Å². The van der Waals surface area contributed by atoms with E-state index in [2.05, 4.69) is 21.2 Å². The van der Waals surface area contributed by atoms with E-state index in [-0.39, 0.29) is 10.6 Å². The lowest BCUT2D eigenvalue weighted by molar-refractivity contribution is -0.137. The standard InChI is InChI=1S/C30H29F3N4O3S/c1-20-13-14-27(15-21(20)2)37-22(3)16-24(23(37)4)18-34-35-29(38)19-36(41(39,40)28-11-6-5-7-12-28)26-10-8-9-25(17-26)30(31,32)33/h5-18H,19H2,1-4H3,(H,35,38)/b34-18-. The lowest BCUT2D eigenvalue weighted by atomic mass is 10.1. The van der Waals surface area contributed by atoms with Crippen molar-refractivity contribution in [1.82, 2.24) is 9.99 Å². The molecule has 41 heavy (non-hydrogen) atoms. The number of benzene rings is 3. The number of aromatic nitrogens is 1. The molecule has 0 atom stereocenters. The highest BCUT2D eigenvalue weighted by atomic mass is 32.2. The number of anilines is 1. The third-order valence-electron chi connectivity index (χ3n) is 6.69. The second-order valence-corrected chi connectivity index (χ2v) is 11.5. The second kappa shape index (κ2) is 11.6. The van der Waals surface area contributed by atoms with Crippen molar-refractivity contribution < 1.29 is 26.4 Å². The van der Waals surface area contributed by atoms with E-state index >= 15 is 0 Å². The van der Waals surface area contributed by atoms with Gasteiger partial charge in [-0.05, 0) is 87.4 Å². The van der Waals surface area contributed by atoms with Gasteiger partial charge in [-0.3, -0.25) is 9.10 Å². The molecule has 0 aliphatic rings. The average Bonchev–Trinajstić information content (AvgIpc) is 3.21. The van der Waals surface area contributed by atoms with Gasteiger partial charge < -0.3 is 4.57 Å². The summed E-state index contributed by atoms with van der Waals surface area (Å²) >= 11 is 0. The lowest BCUT2D eigenvalue weighted by Gasteiger charge is -2.24. The minimum Gasteiger partial charge on any atom is -0.318 e. The zero-order valence-corrected chi connectivity index (χ0v) is 23.7. The topological polar surface area (TPSA) is 83.8 Å². The van der Waals surface area contributed by atoms with Crippen LogP contribution in [0.4, 0.5) is 18.9 Å². The highest BCUT2D eigenvalue weighted by molar-refractivity contribution is 7.92. The number of sulfonamides is 1. The Bertz CT molecular complexity index is 1710. The smallest absolute Gasteiger partial charge is 0.318 e. The molecule has 0 saturated heterocycles. The maximum absolute atomic E-state index is 13.4. The van der Waals surface area contributed by atoms with E-state index in [0.29, 0.717) is 10.4 Å². The van der Waals surface area contributed by atoms with Crippen molar-refractivity contribution in [1.29, 1.82) is 0 Å². The van der Waals surface area contributed by atoms with Crippen molar-refractivity contribution in [2.24, 2.45) is 5.10 Å². The molecular weight excluding hydrogens is 553 g/mol. The SMILES string of the molecule is Cc1ccc(-n2c(C)cc(/C=N\NC(=O)CN(c3cccc(C(F)(F)F)c3)S(=O)(=O)c3ccccc3)c2C)cc1C. The molecule has 0 aliphatic carbocycles. The molecule has 0 spiro atoms. The fourth-order valence-electron chi connectivity index (χ4n) is 4.39. The van der Waals surface area contributed by atoms with Crippen molar-refractivity contribution in [3.63, 3.8) is 0 Å². The first-order chi connectivity index (χ1) is 19.3. The molecule has 1 aromatic heterocycles. The predicted octanol–water partition coefficient (Wildman–Crippen LogP) is 6.08. The molecule has 1 heterocycles. The first-order valence-corrected chi connectivity index (χ1v) is 14.1. The van der Waals surface area contributed by atoms with Crippen LogP contribution in [0, 0.1) is 27.7 Å². The molecule has 1 N–H and O–H groups in total. The molecule has 11 heteroatoms. The van der Waals surface area contributed by atoms with E-state index < -0.39 is 34.2 Å². The van der Waals surface area contributed by atoms with Gasteiger partial charge in [0, 0.05) is 22.6 Å². The van der Waals surface area contributed by atoms with E-state index in [1.165, 1.54) is 42.1 Å². The minimum absolute atomic E-state index is 0.174. The van der Waals surface area contributed by atoms with Gasteiger partial charge in [-0.15, -0.1) is 0 Å². The highest BCUT2D eigenvalue weighted by Gasteiger charge is 2.33. The number of carbonyl (C=O) groups excluding carboxylic acids is 1. The van der Waals surface area contributed by atoms with Crippen LogP contribution in [-0.4, -0.2) is 31.7 Å². The summed E-state index contributed by atoms with van der Waals surface area (Å²) in [6.07, 6.45) is -3.26. The predicted molar refractivity (Wildman–Crippen MR) is 153 cm³/mol. The quantitative estimate of drug-likeness (QED) is 0.202. The van der Waals surface area contributed by atoms with Crippen LogP contribution in [0.2, 0.25) is 0 Å². The Morgan fingerprint density at radius 3 is 2.29 bits per heavy atom. The fraction of sp³-hybridized carbons (Fsp3) is 0.200. The van der Waals surface area contributed by atoms with Crippen molar-refractivity contribution in [2.45, 2.75) is 38.8 Å². The number of amides is 1. The van der Waals surface area contributed by atoms with Crippen LogP contribution in [0.3, 0.4) is 0 Å². The number of alkyl halides is 3. The van der Waals surface area contributed by atoms with E-state index in [4.69, 9.17) is 0 Å². The molecule has 0 saturated carbocycles. The molecular formula is C30H29F3N4O3S. The van der Waals surface area contributed by atoms with Crippen molar-refractivity contribution in [3.8, 4) is 5.69 Å². The van der Waals surface area contributed by atoms with Gasteiger partial charge in [-0.1, -0.05) is 30.3 Å². The third kappa shape index (κ3) is 6.51. The number of carbonyl (C=O) groups is 1. The number of nitrogens with one attached hydrogen (secondary N) is 1. The van der Waals surface area contributed by atoms with Gasteiger partial charge in [0.1, 0.15) is 6.54 Å². The van der Waals surface area contributed by atoms with Crippen molar-refractivity contribution in [3.05, 3.63) is 113 Å². The maximum atomic E-state index is 13.4. The summed E-state index contributed by atoms with van der Waals surface area (Å²) < 4.78 is 69.7. The van der Waals surface area contributed by atoms with Gasteiger partial charge in [-0.25, -0.2) is 13.8 Å². The number of nitrogens with zero attached hydrogens (tertiary/aromatic N) is 3. The number of hydrazone groups is 1. The van der Waals surface area contributed by atoms with Crippen LogP contribution >= 0.6 is 0 Å². The summed E-state index contributed by atoms with van der Waals surface area (Å²) in [4.78, 5) is 12.7. The summed E-state index contributed by atoms with van der Waals surface area (Å²) in [5, 5.41) is 4.00.